The molecular weight excluding hydrogens is 292 g/mol. The van der Waals surface area contributed by atoms with E-state index in [1.54, 1.807) is 14.2 Å². The molecule has 21 heavy (non-hydrogen) atoms. The Balaban J connectivity index is 2.81. The summed E-state index contributed by atoms with van der Waals surface area (Å²) in [5, 5.41) is 13.3. The molecule has 0 aromatic heterocycles. The zero-order valence-corrected chi connectivity index (χ0v) is 13.5. The van der Waals surface area contributed by atoms with Crippen molar-refractivity contribution in [1.82, 2.24) is 5.32 Å². The van der Waals surface area contributed by atoms with Gasteiger partial charge in [0.25, 0.3) is 0 Å². The third-order valence-electron chi connectivity index (χ3n) is 3.12. The first-order valence-corrected chi connectivity index (χ1v) is 7.43. The molecule has 0 saturated heterocycles. The molecular formula is C15H25ClN2O3. The molecule has 0 bridgehead atoms. The second-order valence-corrected chi connectivity index (χ2v) is 5.08. The summed E-state index contributed by atoms with van der Waals surface area (Å²) in [5.74, 6) is 0. The van der Waals surface area contributed by atoms with Gasteiger partial charge in [0.15, 0.2) is 0 Å². The number of nitrogens with zero attached hydrogens (tertiary/aromatic N) is 1. The van der Waals surface area contributed by atoms with E-state index in [0.29, 0.717) is 31.3 Å². The molecule has 0 amide bonds. The molecule has 5 nitrogen and oxygen atoms in total. The molecule has 1 aromatic carbocycles. The van der Waals surface area contributed by atoms with Gasteiger partial charge >= 0.3 is 0 Å². The second kappa shape index (κ2) is 10.8. The Morgan fingerprint density at radius 1 is 1.19 bits per heavy atom. The van der Waals surface area contributed by atoms with E-state index in [2.05, 4.69) is 10.2 Å². The summed E-state index contributed by atoms with van der Waals surface area (Å²) in [6.45, 7) is 4.14. The number of benzene rings is 1. The fourth-order valence-electron chi connectivity index (χ4n) is 2.05. The van der Waals surface area contributed by atoms with Gasteiger partial charge < -0.3 is 24.8 Å². The molecule has 0 atom stereocenters. The summed E-state index contributed by atoms with van der Waals surface area (Å²) in [5.41, 5.74) is 2.17. The van der Waals surface area contributed by atoms with E-state index in [0.717, 1.165) is 24.3 Å². The van der Waals surface area contributed by atoms with Gasteiger partial charge in [0.05, 0.1) is 19.8 Å². The van der Waals surface area contributed by atoms with Crippen LogP contribution in [-0.2, 0) is 16.0 Å². The number of methoxy groups -OCH3 is 2. The van der Waals surface area contributed by atoms with Crippen molar-refractivity contribution in [3.05, 3.63) is 28.8 Å². The maximum absolute atomic E-state index is 9.26. The highest BCUT2D eigenvalue weighted by Crippen LogP contribution is 2.25. The number of hydrogen-bond acceptors (Lipinski definition) is 5. The van der Waals surface area contributed by atoms with Crippen molar-refractivity contribution in [3.63, 3.8) is 0 Å². The van der Waals surface area contributed by atoms with Crippen LogP contribution < -0.4 is 10.2 Å². The predicted molar refractivity (Wildman–Crippen MR) is 86.2 cm³/mol. The Morgan fingerprint density at radius 2 is 1.95 bits per heavy atom. The topological polar surface area (TPSA) is 54.0 Å². The van der Waals surface area contributed by atoms with Gasteiger partial charge in [-0.2, -0.15) is 0 Å². The minimum absolute atomic E-state index is 0.0901. The number of aliphatic hydroxyl groups excluding tert-OH is 1. The highest BCUT2D eigenvalue weighted by molar-refractivity contribution is 6.30. The highest BCUT2D eigenvalue weighted by Gasteiger charge is 2.11. The Morgan fingerprint density at radius 3 is 2.62 bits per heavy atom. The molecule has 0 fully saturated rings. The van der Waals surface area contributed by atoms with E-state index >= 15 is 0 Å². The number of nitrogens with one attached hydrogen (secondary N) is 1. The third-order valence-corrected chi connectivity index (χ3v) is 3.36. The van der Waals surface area contributed by atoms with Crippen molar-refractivity contribution in [2.45, 2.75) is 6.54 Å². The minimum atomic E-state index is 0.0901. The lowest BCUT2D eigenvalue weighted by Crippen LogP contribution is -2.31. The van der Waals surface area contributed by atoms with Crippen LogP contribution in [-0.4, -0.2) is 58.8 Å². The van der Waals surface area contributed by atoms with Crippen LogP contribution in [0.5, 0.6) is 0 Å². The number of anilines is 1. The van der Waals surface area contributed by atoms with Crippen molar-refractivity contribution in [3.8, 4) is 0 Å². The Bertz CT molecular complexity index is 405. The lowest BCUT2D eigenvalue weighted by Gasteiger charge is -2.26. The van der Waals surface area contributed by atoms with Gasteiger partial charge in [0.1, 0.15) is 0 Å². The smallest absolute Gasteiger partial charge is 0.0637 e. The molecule has 0 saturated carbocycles. The average molecular weight is 317 g/mol. The maximum atomic E-state index is 9.26. The molecule has 0 aliphatic heterocycles. The second-order valence-electron chi connectivity index (χ2n) is 4.65. The summed E-state index contributed by atoms with van der Waals surface area (Å²) < 4.78 is 10.2. The SMILES string of the molecule is COCCNCc1ccc(Cl)cc1N(CCO)CCOC. The Kier molecular flexibility index (Phi) is 9.37. The summed E-state index contributed by atoms with van der Waals surface area (Å²) in [7, 11) is 3.35. The summed E-state index contributed by atoms with van der Waals surface area (Å²) >= 11 is 6.12. The maximum Gasteiger partial charge on any atom is 0.0637 e. The van der Waals surface area contributed by atoms with E-state index in [9.17, 15) is 5.11 Å². The third kappa shape index (κ3) is 6.63. The number of ether oxygens (including phenoxy) is 2. The number of hydrogen-bond donors (Lipinski definition) is 2. The lowest BCUT2D eigenvalue weighted by atomic mass is 10.1. The Hall–Kier alpha value is -0.850. The van der Waals surface area contributed by atoms with E-state index < -0.39 is 0 Å². The fourth-order valence-corrected chi connectivity index (χ4v) is 2.22. The van der Waals surface area contributed by atoms with E-state index in [-0.39, 0.29) is 6.61 Å². The van der Waals surface area contributed by atoms with Crippen molar-refractivity contribution in [2.75, 3.05) is 58.6 Å². The van der Waals surface area contributed by atoms with Crippen LogP contribution in [0.2, 0.25) is 5.02 Å². The molecule has 0 heterocycles. The van der Waals surface area contributed by atoms with Crippen molar-refractivity contribution in [2.24, 2.45) is 0 Å². The quantitative estimate of drug-likeness (QED) is 0.606. The molecule has 0 aliphatic carbocycles. The van der Waals surface area contributed by atoms with Crippen LogP contribution in [0.3, 0.4) is 0 Å². The van der Waals surface area contributed by atoms with Gasteiger partial charge in [-0.05, 0) is 17.7 Å². The number of rotatable bonds is 11. The molecule has 0 radical (unpaired) electrons. The zero-order valence-electron chi connectivity index (χ0n) is 12.8. The van der Waals surface area contributed by atoms with E-state index in [1.807, 2.05) is 18.2 Å². The molecule has 2 N–H and O–H groups in total. The summed E-state index contributed by atoms with van der Waals surface area (Å²) in [6.07, 6.45) is 0. The highest BCUT2D eigenvalue weighted by atomic mass is 35.5. The summed E-state index contributed by atoms with van der Waals surface area (Å²) in [4.78, 5) is 2.09. The molecule has 0 aliphatic rings. The van der Waals surface area contributed by atoms with Crippen LogP contribution in [0.1, 0.15) is 5.56 Å². The molecule has 120 valence electrons. The van der Waals surface area contributed by atoms with Gasteiger partial charge in [-0.1, -0.05) is 17.7 Å². The first-order valence-electron chi connectivity index (χ1n) is 7.05. The molecule has 6 heteroatoms. The number of halogens is 1. The van der Waals surface area contributed by atoms with Gasteiger partial charge in [-0.25, -0.2) is 0 Å². The van der Waals surface area contributed by atoms with Crippen molar-refractivity contribution in [1.29, 1.82) is 0 Å². The van der Waals surface area contributed by atoms with Crippen LogP contribution in [0, 0.1) is 0 Å². The molecule has 1 rings (SSSR count). The number of aliphatic hydroxyl groups is 1. The molecule has 0 unspecified atom stereocenters. The van der Waals surface area contributed by atoms with Gasteiger partial charge in [0, 0.05) is 51.1 Å². The monoisotopic (exact) mass is 316 g/mol. The molecule has 1 aromatic rings. The van der Waals surface area contributed by atoms with Gasteiger partial charge in [-0.3, -0.25) is 0 Å². The summed E-state index contributed by atoms with van der Waals surface area (Å²) in [6, 6.07) is 5.82. The predicted octanol–water partition coefficient (Wildman–Crippen LogP) is 1.52. The minimum Gasteiger partial charge on any atom is -0.395 e. The van der Waals surface area contributed by atoms with E-state index in [4.69, 9.17) is 21.1 Å². The average Bonchev–Trinajstić information content (AvgIpc) is 2.49. The fraction of sp³-hybridized carbons (Fsp3) is 0.600. The van der Waals surface area contributed by atoms with Gasteiger partial charge in [0.2, 0.25) is 0 Å². The van der Waals surface area contributed by atoms with Crippen molar-refractivity contribution < 1.29 is 14.6 Å². The first-order chi connectivity index (χ1) is 10.2. The van der Waals surface area contributed by atoms with Crippen LogP contribution in [0.25, 0.3) is 0 Å². The van der Waals surface area contributed by atoms with E-state index in [1.165, 1.54) is 0 Å². The first kappa shape index (κ1) is 18.2. The zero-order chi connectivity index (χ0) is 15.5. The normalized spacial score (nSPS) is 10.9. The van der Waals surface area contributed by atoms with Crippen LogP contribution in [0.4, 0.5) is 5.69 Å². The van der Waals surface area contributed by atoms with Gasteiger partial charge in [-0.15, -0.1) is 0 Å². The molecule has 0 spiro atoms. The lowest BCUT2D eigenvalue weighted by molar-refractivity contribution is 0.199. The van der Waals surface area contributed by atoms with Crippen LogP contribution in [0.15, 0.2) is 18.2 Å². The Labute approximate surface area is 131 Å². The van der Waals surface area contributed by atoms with Crippen LogP contribution >= 0.6 is 11.6 Å². The largest absolute Gasteiger partial charge is 0.395 e. The van der Waals surface area contributed by atoms with Crippen molar-refractivity contribution >= 4 is 17.3 Å². The standard InChI is InChI=1S/C15H25ClN2O3/c1-20-9-5-17-12-13-3-4-14(16)11-15(13)18(6-8-19)7-10-21-2/h3-4,11,17,19H,5-10,12H2,1-2H3.